The fourth-order valence-electron chi connectivity index (χ4n) is 3.74. The zero-order valence-electron chi connectivity index (χ0n) is 16.6. The van der Waals surface area contributed by atoms with Gasteiger partial charge in [-0.15, -0.1) is 0 Å². The summed E-state index contributed by atoms with van der Waals surface area (Å²) in [6.45, 7) is 0. The van der Waals surface area contributed by atoms with E-state index in [1.54, 1.807) is 48.5 Å². The third kappa shape index (κ3) is 3.84. The highest BCUT2D eigenvalue weighted by Crippen LogP contribution is 2.44. The summed E-state index contributed by atoms with van der Waals surface area (Å²) >= 11 is 10.4. The average Bonchev–Trinajstić information content (AvgIpc) is 3.32. The number of aliphatic hydroxyl groups excluding tert-OH is 1. The second-order valence-corrected chi connectivity index (χ2v) is 9.70. The summed E-state index contributed by atoms with van der Waals surface area (Å²) in [5.74, 6) is -2.39. The lowest BCUT2D eigenvalue weighted by atomic mass is 9.95. The number of Topliss-reactive ketones (excluding diaryl/α,β-unsaturated/α-hetero) is 1. The molecule has 0 aliphatic carbocycles. The predicted octanol–water partition coefficient (Wildman–Crippen LogP) is 6.48. The van der Waals surface area contributed by atoms with E-state index >= 15 is 0 Å². The first-order valence-electron chi connectivity index (χ1n) is 9.72. The van der Waals surface area contributed by atoms with Crippen molar-refractivity contribution in [3.8, 4) is 0 Å². The molecule has 0 bridgehead atoms. The van der Waals surface area contributed by atoms with Crippen LogP contribution in [0, 0.1) is 5.82 Å². The summed E-state index contributed by atoms with van der Waals surface area (Å²) in [6, 6.07) is 16.6. The molecule has 5 nitrogen and oxygen atoms in total. The molecule has 1 fully saturated rings. The van der Waals surface area contributed by atoms with Crippen molar-refractivity contribution in [2.24, 2.45) is 0 Å². The molecule has 1 atom stereocenters. The van der Waals surface area contributed by atoms with Crippen LogP contribution in [0.3, 0.4) is 0 Å². The standard InChI is InChI=1S/C24H13BrClFN2O3S/c25-14-5-1-12(2-6-14)20-19(21(30)13-3-7-15(26)8-4-13)22(31)23(32)29(20)24-28-17-10-9-16(27)11-18(17)33-24/h1-11,20,30H/b21-19+. The second-order valence-electron chi connectivity index (χ2n) is 7.34. The summed E-state index contributed by atoms with van der Waals surface area (Å²) < 4.78 is 15.1. The summed E-state index contributed by atoms with van der Waals surface area (Å²) in [7, 11) is 0. The number of carbonyl (C=O) groups excluding carboxylic acids is 2. The topological polar surface area (TPSA) is 70.5 Å². The van der Waals surface area contributed by atoms with Crippen LogP contribution in [0.5, 0.6) is 0 Å². The molecule has 9 heteroatoms. The average molecular weight is 544 g/mol. The Hall–Kier alpha value is -3.07. The van der Waals surface area contributed by atoms with Crippen LogP contribution in [0.2, 0.25) is 5.02 Å². The molecule has 1 saturated heterocycles. The van der Waals surface area contributed by atoms with Crippen molar-refractivity contribution in [1.82, 2.24) is 4.98 Å². The minimum absolute atomic E-state index is 0.0601. The Morgan fingerprint density at radius 1 is 1.06 bits per heavy atom. The van der Waals surface area contributed by atoms with Crippen LogP contribution in [0.25, 0.3) is 16.0 Å². The Morgan fingerprint density at radius 2 is 1.76 bits per heavy atom. The van der Waals surface area contributed by atoms with Crippen LogP contribution in [0.1, 0.15) is 17.2 Å². The van der Waals surface area contributed by atoms with Gasteiger partial charge < -0.3 is 5.11 Å². The number of fused-ring (bicyclic) bond motifs is 1. The molecule has 1 aliphatic rings. The molecular weight excluding hydrogens is 531 g/mol. The third-order valence-electron chi connectivity index (χ3n) is 5.29. The Kier molecular flexibility index (Phi) is 5.52. The fourth-order valence-corrected chi connectivity index (χ4v) is 5.15. The van der Waals surface area contributed by atoms with Crippen molar-refractivity contribution in [1.29, 1.82) is 0 Å². The molecule has 1 N–H and O–H groups in total. The highest BCUT2D eigenvalue weighted by Gasteiger charge is 2.48. The Bertz CT molecular complexity index is 1450. The van der Waals surface area contributed by atoms with E-state index in [4.69, 9.17) is 11.6 Å². The lowest BCUT2D eigenvalue weighted by Crippen LogP contribution is -2.29. The van der Waals surface area contributed by atoms with Crippen molar-refractivity contribution >= 4 is 71.7 Å². The number of anilines is 1. The molecule has 0 saturated carbocycles. The molecule has 4 aromatic rings. The van der Waals surface area contributed by atoms with E-state index in [1.807, 2.05) is 0 Å². The smallest absolute Gasteiger partial charge is 0.301 e. The zero-order chi connectivity index (χ0) is 23.3. The lowest BCUT2D eigenvalue weighted by Gasteiger charge is -2.23. The Labute approximate surface area is 204 Å². The number of amides is 1. The molecule has 164 valence electrons. The summed E-state index contributed by atoms with van der Waals surface area (Å²) in [5, 5.41) is 11.8. The monoisotopic (exact) mass is 542 g/mol. The third-order valence-corrected chi connectivity index (χ3v) is 7.09. The highest BCUT2D eigenvalue weighted by molar-refractivity contribution is 9.10. The van der Waals surface area contributed by atoms with Gasteiger partial charge in [0.25, 0.3) is 5.78 Å². The van der Waals surface area contributed by atoms with Crippen LogP contribution < -0.4 is 4.90 Å². The second kappa shape index (κ2) is 8.37. The first-order valence-corrected chi connectivity index (χ1v) is 11.7. The van der Waals surface area contributed by atoms with Crippen molar-refractivity contribution < 1.29 is 19.1 Å². The van der Waals surface area contributed by atoms with Gasteiger partial charge in [-0.2, -0.15) is 0 Å². The van der Waals surface area contributed by atoms with E-state index in [9.17, 15) is 19.1 Å². The molecular formula is C24H13BrClFN2O3S. The van der Waals surface area contributed by atoms with Crippen molar-refractivity contribution in [3.63, 3.8) is 0 Å². The molecule has 1 aliphatic heterocycles. The van der Waals surface area contributed by atoms with Gasteiger partial charge in [0, 0.05) is 15.1 Å². The Morgan fingerprint density at radius 3 is 2.45 bits per heavy atom. The number of carbonyl (C=O) groups is 2. The van der Waals surface area contributed by atoms with Gasteiger partial charge in [-0.3, -0.25) is 14.5 Å². The summed E-state index contributed by atoms with van der Waals surface area (Å²) in [5.41, 5.74) is 1.41. The molecule has 3 aromatic carbocycles. The van der Waals surface area contributed by atoms with Gasteiger partial charge in [0.1, 0.15) is 11.6 Å². The maximum absolute atomic E-state index is 13.7. The quantitative estimate of drug-likeness (QED) is 0.182. The minimum Gasteiger partial charge on any atom is -0.507 e. The zero-order valence-corrected chi connectivity index (χ0v) is 19.8. The first-order chi connectivity index (χ1) is 15.8. The van der Waals surface area contributed by atoms with Crippen LogP contribution in [-0.2, 0) is 9.59 Å². The van der Waals surface area contributed by atoms with Crippen LogP contribution in [0.4, 0.5) is 9.52 Å². The molecule has 1 unspecified atom stereocenters. The molecule has 33 heavy (non-hydrogen) atoms. The largest absolute Gasteiger partial charge is 0.507 e. The van der Waals surface area contributed by atoms with Crippen molar-refractivity contribution in [2.45, 2.75) is 6.04 Å². The number of benzene rings is 3. The SMILES string of the molecule is O=C1C(=O)N(c2nc3ccc(F)cc3s2)C(c2ccc(Br)cc2)/C1=C(\O)c1ccc(Cl)cc1. The fraction of sp³-hybridized carbons (Fsp3) is 0.0417. The van der Waals surface area contributed by atoms with Gasteiger partial charge >= 0.3 is 5.91 Å². The minimum atomic E-state index is -0.917. The number of hydrogen-bond acceptors (Lipinski definition) is 5. The van der Waals surface area contributed by atoms with Gasteiger partial charge in [-0.05, 0) is 60.2 Å². The van der Waals surface area contributed by atoms with Crippen LogP contribution in [-0.4, -0.2) is 21.8 Å². The predicted molar refractivity (Wildman–Crippen MR) is 130 cm³/mol. The first kappa shape index (κ1) is 21.8. The van der Waals surface area contributed by atoms with Crippen LogP contribution >= 0.6 is 38.9 Å². The number of hydrogen-bond donors (Lipinski definition) is 1. The number of nitrogens with zero attached hydrogens (tertiary/aromatic N) is 2. The Balaban J connectivity index is 1.73. The van der Waals surface area contributed by atoms with E-state index < -0.39 is 23.5 Å². The molecule has 1 amide bonds. The maximum atomic E-state index is 13.7. The molecule has 1 aromatic heterocycles. The molecule has 0 radical (unpaired) electrons. The summed E-state index contributed by atoms with van der Waals surface area (Å²) in [4.78, 5) is 32.1. The van der Waals surface area contributed by atoms with Gasteiger partial charge in [-0.1, -0.05) is 51.0 Å². The van der Waals surface area contributed by atoms with Crippen molar-refractivity contribution in [2.75, 3.05) is 4.90 Å². The van der Waals surface area contributed by atoms with Gasteiger partial charge in [0.15, 0.2) is 5.13 Å². The highest BCUT2D eigenvalue weighted by atomic mass is 79.9. The number of thiazole rings is 1. The summed E-state index contributed by atoms with van der Waals surface area (Å²) in [6.07, 6.45) is 0. The van der Waals surface area contributed by atoms with Gasteiger partial charge in [0.2, 0.25) is 0 Å². The molecule has 2 heterocycles. The van der Waals surface area contributed by atoms with Crippen molar-refractivity contribution in [3.05, 3.63) is 98.7 Å². The maximum Gasteiger partial charge on any atom is 0.301 e. The number of aromatic nitrogens is 1. The lowest BCUT2D eigenvalue weighted by molar-refractivity contribution is -0.132. The number of aliphatic hydroxyl groups is 1. The number of ketones is 1. The van der Waals surface area contributed by atoms with Gasteiger partial charge in [-0.25, -0.2) is 9.37 Å². The number of rotatable bonds is 3. The van der Waals surface area contributed by atoms with E-state index in [-0.39, 0.29) is 16.5 Å². The molecule has 0 spiro atoms. The number of halogens is 3. The van der Waals surface area contributed by atoms with Crippen LogP contribution in [0.15, 0.2) is 76.8 Å². The van der Waals surface area contributed by atoms with E-state index in [1.165, 1.54) is 23.1 Å². The van der Waals surface area contributed by atoms with E-state index in [0.29, 0.717) is 26.4 Å². The molecule has 5 rings (SSSR count). The van der Waals surface area contributed by atoms with E-state index in [2.05, 4.69) is 20.9 Å². The van der Waals surface area contributed by atoms with E-state index in [0.717, 1.165) is 15.8 Å². The van der Waals surface area contributed by atoms with Gasteiger partial charge in [0.05, 0.1) is 21.8 Å². The normalized spacial score (nSPS) is 17.8.